The van der Waals surface area contributed by atoms with E-state index in [1.165, 1.54) is 5.56 Å². The van der Waals surface area contributed by atoms with Crippen LogP contribution in [-0.2, 0) is 16.0 Å². The first-order valence-corrected chi connectivity index (χ1v) is 7.59. The minimum Gasteiger partial charge on any atom is -0.368 e. The highest BCUT2D eigenvalue weighted by Gasteiger charge is 2.27. The van der Waals surface area contributed by atoms with Crippen molar-refractivity contribution in [2.45, 2.75) is 45.3 Å². The smallest absolute Gasteiger partial charge is 0.162 e. The summed E-state index contributed by atoms with van der Waals surface area (Å²) >= 11 is 0. The van der Waals surface area contributed by atoms with Crippen LogP contribution in [0.15, 0.2) is 30.3 Å². The Bertz CT molecular complexity index is 416. The Kier molecular flexibility index (Phi) is 5.74. The number of benzene rings is 1. The molecule has 0 amide bonds. The van der Waals surface area contributed by atoms with Crippen molar-refractivity contribution >= 4 is 5.78 Å². The van der Waals surface area contributed by atoms with Gasteiger partial charge < -0.3 is 4.74 Å². The molecule has 20 heavy (non-hydrogen) atoms. The van der Waals surface area contributed by atoms with Crippen molar-refractivity contribution in [3.05, 3.63) is 35.9 Å². The predicted molar refractivity (Wildman–Crippen MR) is 80.8 cm³/mol. The van der Waals surface area contributed by atoms with Gasteiger partial charge in [0.2, 0.25) is 0 Å². The summed E-state index contributed by atoms with van der Waals surface area (Å²) in [5.41, 5.74) is 1.30. The molecule has 1 atom stereocenters. The fourth-order valence-corrected chi connectivity index (χ4v) is 2.61. The van der Waals surface area contributed by atoms with Crippen LogP contribution in [0.1, 0.15) is 32.3 Å². The molecule has 2 rings (SSSR count). The van der Waals surface area contributed by atoms with Crippen molar-refractivity contribution in [2.24, 2.45) is 0 Å². The number of ketones is 1. The molecule has 3 heteroatoms. The lowest BCUT2D eigenvalue weighted by atomic mass is 10.0. The number of morpholine rings is 1. The average molecular weight is 275 g/mol. The summed E-state index contributed by atoms with van der Waals surface area (Å²) in [5, 5.41) is 0. The molecule has 1 heterocycles. The second kappa shape index (κ2) is 7.55. The molecule has 1 unspecified atom stereocenters. The Morgan fingerprint density at radius 3 is 2.80 bits per heavy atom. The first kappa shape index (κ1) is 15.2. The Hall–Kier alpha value is -1.19. The highest BCUT2D eigenvalue weighted by molar-refractivity contribution is 5.83. The normalized spacial score (nSPS) is 20.2. The standard InChI is InChI=1S/C17H25NO2/c1-14(2)18-11-12-20-17(13-18)16(19)10-6-9-15-7-4-3-5-8-15/h3-5,7-8,14,17H,6,9-13H2,1-2H3. The van der Waals surface area contributed by atoms with E-state index in [1.807, 2.05) is 18.2 Å². The number of hydrogen-bond acceptors (Lipinski definition) is 3. The molecular weight excluding hydrogens is 250 g/mol. The van der Waals surface area contributed by atoms with Crippen molar-refractivity contribution in [2.75, 3.05) is 19.7 Å². The molecule has 0 spiro atoms. The van der Waals surface area contributed by atoms with E-state index >= 15 is 0 Å². The fourth-order valence-electron chi connectivity index (χ4n) is 2.61. The lowest BCUT2D eigenvalue weighted by Gasteiger charge is -2.34. The molecule has 1 aromatic carbocycles. The second-order valence-corrected chi connectivity index (χ2v) is 5.75. The van der Waals surface area contributed by atoms with Gasteiger partial charge in [-0.15, -0.1) is 0 Å². The summed E-state index contributed by atoms with van der Waals surface area (Å²) in [6.07, 6.45) is 2.27. The molecule has 0 aliphatic carbocycles. The van der Waals surface area contributed by atoms with E-state index in [9.17, 15) is 4.79 Å². The zero-order valence-corrected chi connectivity index (χ0v) is 12.5. The van der Waals surface area contributed by atoms with Crippen LogP contribution >= 0.6 is 0 Å². The van der Waals surface area contributed by atoms with E-state index < -0.39 is 0 Å². The highest BCUT2D eigenvalue weighted by Crippen LogP contribution is 2.13. The number of rotatable bonds is 6. The number of carbonyl (C=O) groups is 1. The number of Topliss-reactive ketones (excluding diaryl/α,β-unsaturated/α-hetero) is 1. The van der Waals surface area contributed by atoms with Crippen molar-refractivity contribution in [1.82, 2.24) is 4.90 Å². The molecule has 1 aromatic rings. The van der Waals surface area contributed by atoms with Gasteiger partial charge in [-0.3, -0.25) is 9.69 Å². The zero-order chi connectivity index (χ0) is 14.4. The summed E-state index contributed by atoms with van der Waals surface area (Å²) < 4.78 is 5.63. The second-order valence-electron chi connectivity index (χ2n) is 5.75. The first-order valence-electron chi connectivity index (χ1n) is 7.59. The van der Waals surface area contributed by atoms with Crippen LogP contribution in [0.4, 0.5) is 0 Å². The minimum absolute atomic E-state index is 0.220. The third kappa shape index (κ3) is 4.43. The van der Waals surface area contributed by atoms with Crippen LogP contribution in [0.3, 0.4) is 0 Å². The van der Waals surface area contributed by atoms with Crippen LogP contribution in [0.2, 0.25) is 0 Å². The van der Waals surface area contributed by atoms with Crippen molar-refractivity contribution in [1.29, 1.82) is 0 Å². The fraction of sp³-hybridized carbons (Fsp3) is 0.588. The van der Waals surface area contributed by atoms with E-state index in [-0.39, 0.29) is 11.9 Å². The lowest BCUT2D eigenvalue weighted by Crippen LogP contribution is -2.48. The molecule has 1 fully saturated rings. The van der Waals surface area contributed by atoms with Crippen LogP contribution in [-0.4, -0.2) is 42.5 Å². The summed E-state index contributed by atoms with van der Waals surface area (Å²) in [7, 11) is 0. The van der Waals surface area contributed by atoms with Gasteiger partial charge in [0, 0.05) is 25.6 Å². The van der Waals surface area contributed by atoms with Crippen LogP contribution < -0.4 is 0 Å². The SMILES string of the molecule is CC(C)N1CCOC(C(=O)CCCc2ccccc2)C1. The molecule has 0 bridgehead atoms. The monoisotopic (exact) mass is 275 g/mol. The Balaban J connectivity index is 1.74. The number of nitrogens with zero attached hydrogens (tertiary/aromatic N) is 1. The highest BCUT2D eigenvalue weighted by atomic mass is 16.5. The van der Waals surface area contributed by atoms with E-state index in [1.54, 1.807) is 0 Å². The molecule has 0 aromatic heterocycles. The molecule has 3 nitrogen and oxygen atoms in total. The van der Waals surface area contributed by atoms with Crippen LogP contribution in [0.5, 0.6) is 0 Å². The number of aryl methyl sites for hydroxylation is 1. The number of hydrogen-bond donors (Lipinski definition) is 0. The molecule has 1 aliphatic heterocycles. The summed E-state index contributed by atoms with van der Waals surface area (Å²) in [6.45, 7) is 6.70. The molecule has 110 valence electrons. The summed E-state index contributed by atoms with van der Waals surface area (Å²) in [6, 6.07) is 10.8. The molecular formula is C17H25NO2. The predicted octanol–water partition coefficient (Wildman–Crippen LogP) is 2.69. The zero-order valence-electron chi connectivity index (χ0n) is 12.5. The Labute approximate surface area is 121 Å². The van der Waals surface area contributed by atoms with Crippen LogP contribution in [0.25, 0.3) is 0 Å². The first-order chi connectivity index (χ1) is 9.66. The maximum Gasteiger partial charge on any atom is 0.162 e. The Morgan fingerprint density at radius 1 is 1.35 bits per heavy atom. The number of carbonyl (C=O) groups excluding carboxylic acids is 1. The van der Waals surface area contributed by atoms with Gasteiger partial charge in [-0.1, -0.05) is 30.3 Å². The maximum absolute atomic E-state index is 12.2. The molecule has 1 saturated heterocycles. The van der Waals surface area contributed by atoms with E-state index in [2.05, 4.69) is 30.9 Å². The lowest BCUT2D eigenvalue weighted by molar-refractivity contribution is -0.137. The van der Waals surface area contributed by atoms with Gasteiger partial charge in [0.1, 0.15) is 6.10 Å². The quantitative estimate of drug-likeness (QED) is 0.799. The van der Waals surface area contributed by atoms with E-state index in [0.717, 1.165) is 25.9 Å². The van der Waals surface area contributed by atoms with Gasteiger partial charge >= 0.3 is 0 Å². The van der Waals surface area contributed by atoms with Gasteiger partial charge in [0.25, 0.3) is 0 Å². The van der Waals surface area contributed by atoms with Gasteiger partial charge in [-0.05, 0) is 32.3 Å². The minimum atomic E-state index is -0.220. The van der Waals surface area contributed by atoms with Gasteiger partial charge in [0.15, 0.2) is 5.78 Å². The van der Waals surface area contributed by atoms with Crippen molar-refractivity contribution in [3.8, 4) is 0 Å². The van der Waals surface area contributed by atoms with Gasteiger partial charge in [0.05, 0.1) is 6.61 Å². The summed E-state index contributed by atoms with van der Waals surface area (Å²) in [4.78, 5) is 14.5. The number of ether oxygens (including phenoxy) is 1. The molecule has 0 saturated carbocycles. The molecule has 0 radical (unpaired) electrons. The molecule has 1 aliphatic rings. The topological polar surface area (TPSA) is 29.5 Å². The average Bonchev–Trinajstić information content (AvgIpc) is 2.48. The summed E-state index contributed by atoms with van der Waals surface area (Å²) in [5.74, 6) is 0.256. The van der Waals surface area contributed by atoms with E-state index in [0.29, 0.717) is 19.1 Å². The molecule has 0 N–H and O–H groups in total. The van der Waals surface area contributed by atoms with Crippen molar-refractivity contribution in [3.63, 3.8) is 0 Å². The van der Waals surface area contributed by atoms with Crippen molar-refractivity contribution < 1.29 is 9.53 Å². The third-order valence-electron chi connectivity index (χ3n) is 3.92. The van der Waals surface area contributed by atoms with Crippen LogP contribution in [0, 0.1) is 0 Å². The van der Waals surface area contributed by atoms with Gasteiger partial charge in [-0.2, -0.15) is 0 Å². The van der Waals surface area contributed by atoms with E-state index in [4.69, 9.17) is 4.74 Å². The third-order valence-corrected chi connectivity index (χ3v) is 3.92. The largest absolute Gasteiger partial charge is 0.368 e. The van der Waals surface area contributed by atoms with Gasteiger partial charge in [-0.25, -0.2) is 0 Å². The maximum atomic E-state index is 12.2. The Morgan fingerprint density at radius 2 is 2.10 bits per heavy atom.